The zero-order valence-corrected chi connectivity index (χ0v) is 14.5. The van der Waals surface area contributed by atoms with Crippen molar-refractivity contribution in [1.82, 2.24) is 9.97 Å². The summed E-state index contributed by atoms with van der Waals surface area (Å²) in [6.45, 7) is 3.53. The monoisotopic (exact) mass is 353 g/mol. The Hall–Kier alpha value is -3.35. The molecule has 0 radical (unpaired) electrons. The molecule has 0 bridgehead atoms. The Morgan fingerprint density at radius 1 is 1.08 bits per heavy atom. The van der Waals surface area contributed by atoms with Gasteiger partial charge in [-0.3, -0.25) is 4.79 Å². The van der Waals surface area contributed by atoms with E-state index >= 15 is 0 Å². The lowest BCUT2D eigenvalue weighted by molar-refractivity contribution is -0.123. The van der Waals surface area contributed by atoms with Crippen LogP contribution in [0.5, 0.6) is 0 Å². The summed E-state index contributed by atoms with van der Waals surface area (Å²) in [7, 11) is 0. The maximum absolute atomic E-state index is 12.3. The predicted molar refractivity (Wildman–Crippen MR) is 98.2 cm³/mol. The Morgan fingerprint density at radius 3 is 2.46 bits per heavy atom. The Morgan fingerprint density at radius 2 is 1.77 bits per heavy atom. The number of nitrogens with one attached hydrogen (secondary N) is 3. The third-order valence-electron chi connectivity index (χ3n) is 4.03. The molecule has 3 aromatic rings. The first-order chi connectivity index (χ1) is 12.5. The lowest BCUT2D eigenvalue weighted by Crippen LogP contribution is -2.30. The van der Waals surface area contributed by atoms with Gasteiger partial charge in [0.25, 0.3) is 5.91 Å². The van der Waals surface area contributed by atoms with Crippen LogP contribution in [0.2, 0.25) is 0 Å². The fourth-order valence-corrected chi connectivity index (χ4v) is 2.51. The van der Waals surface area contributed by atoms with Crippen LogP contribution < -0.4 is 11.0 Å². The van der Waals surface area contributed by atoms with E-state index < -0.39 is 18.0 Å². The number of fused-ring (bicyclic) bond motifs is 1. The third kappa shape index (κ3) is 3.83. The van der Waals surface area contributed by atoms with Crippen molar-refractivity contribution in [2.45, 2.75) is 26.4 Å². The molecule has 0 unspecified atom stereocenters. The second-order valence-electron chi connectivity index (χ2n) is 5.93. The number of carbonyl (C=O) groups is 2. The minimum atomic E-state index is -0.964. The van der Waals surface area contributed by atoms with Crippen molar-refractivity contribution in [3.63, 3.8) is 0 Å². The molecule has 1 aromatic heterocycles. The maximum atomic E-state index is 12.3. The standard InChI is InChI=1S/C19H19N3O4/c1-3-12-4-6-13(7-5-12)18(24)26-11(2)17(23)20-14-8-9-15-16(10-14)22-19(25)21-15/h4-11H,3H2,1-2H3,(H,20,23)(H2,21,22,25)/t11-/m1/s1. The average molecular weight is 353 g/mol. The highest BCUT2D eigenvalue weighted by molar-refractivity contribution is 5.98. The second-order valence-corrected chi connectivity index (χ2v) is 5.93. The number of amides is 1. The molecule has 26 heavy (non-hydrogen) atoms. The van der Waals surface area contributed by atoms with Gasteiger partial charge in [-0.2, -0.15) is 0 Å². The van der Waals surface area contributed by atoms with Crippen molar-refractivity contribution in [2.75, 3.05) is 5.32 Å². The van der Waals surface area contributed by atoms with Crippen LogP contribution in [-0.4, -0.2) is 27.9 Å². The molecule has 2 aromatic carbocycles. The molecule has 7 heteroatoms. The van der Waals surface area contributed by atoms with Gasteiger partial charge in [0, 0.05) is 5.69 Å². The molecular weight excluding hydrogens is 334 g/mol. The fourth-order valence-electron chi connectivity index (χ4n) is 2.51. The number of benzene rings is 2. The van der Waals surface area contributed by atoms with Crippen LogP contribution in [0.1, 0.15) is 29.8 Å². The molecule has 1 heterocycles. The normalized spacial score (nSPS) is 11.9. The second kappa shape index (κ2) is 7.26. The van der Waals surface area contributed by atoms with E-state index in [4.69, 9.17) is 4.74 Å². The van der Waals surface area contributed by atoms with E-state index in [2.05, 4.69) is 15.3 Å². The topological polar surface area (TPSA) is 104 Å². The van der Waals surface area contributed by atoms with Gasteiger partial charge in [-0.1, -0.05) is 19.1 Å². The van der Waals surface area contributed by atoms with Gasteiger partial charge in [0.1, 0.15) is 0 Å². The number of hydrogen-bond donors (Lipinski definition) is 3. The summed E-state index contributed by atoms with van der Waals surface area (Å²) in [6, 6.07) is 12.0. The van der Waals surface area contributed by atoms with Gasteiger partial charge in [-0.25, -0.2) is 9.59 Å². The number of H-pyrrole nitrogens is 2. The van der Waals surface area contributed by atoms with Crippen LogP contribution in [0.3, 0.4) is 0 Å². The number of imidazole rings is 1. The van der Waals surface area contributed by atoms with Gasteiger partial charge in [-0.05, 0) is 49.2 Å². The molecule has 0 fully saturated rings. The molecule has 1 atom stereocenters. The quantitative estimate of drug-likeness (QED) is 0.613. The summed E-state index contributed by atoms with van der Waals surface area (Å²) in [4.78, 5) is 40.9. The number of rotatable bonds is 5. The van der Waals surface area contributed by atoms with Crippen molar-refractivity contribution in [3.8, 4) is 0 Å². The van der Waals surface area contributed by atoms with Gasteiger partial charge in [0.15, 0.2) is 6.10 Å². The number of esters is 1. The van der Waals surface area contributed by atoms with Crippen LogP contribution in [0.25, 0.3) is 11.0 Å². The summed E-state index contributed by atoms with van der Waals surface area (Å²) in [5, 5.41) is 2.67. The van der Waals surface area contributed by atoms with Gasteiger partial charge in [0.2, 0.25) is 0 Å². The van der Waals surface area contributed by atoms with Crippen LogP contribution in [-0.2, 0) is 16.0 Å². The summed E-state index contributed by atoms with van der Waals surface area (Å²) >= 11 is 0. The van der Waals surface area contributed by atoms with Crippen LogP contribution in [0, 0.1) is 0 Å². The maximum Gasteiger partial charge on any atom is 0.338 e. The van der Waals surface area contributed by atoms with Crippen LogP contribution >= 0.6 is 0 Å². The zero-order chi connectivity index (χ0) is 18.7. The molecule has 7 nitrogen and oxygen atoms in total. The van der Waals surface area contributed by atoms with E-state index in [9.17, 15) is 14.4 Å². The van der Waals surface area contributed by atoms with E-state index in [-0.39, 0.29) is 5.69 Å². The number of aromatic nitrogens is 2. The molecule has 3 rings (SSSR count). The first-order valence-corrected chi connectivity index (χ1v) is 8.29. The highest BCUT2D eigenvalue weighted by Gasteiger charge is 2.19. The molecule has 0 aliphatic rings. The fraction of sp³-hybridized carbons (Fsp3) is 0.211. The highest BCUT2D eigenvalue weighted by Crippen LogP contribution is 2.15. The lowest BCUT2D eigenvalue weighted by Gasteiger charge is -2.13. The molecule has 3 N–H and O–H groups in total. The number of ether oxygens (including phenoxy) is 1. The highest BCUT2D eigenvalue weighted by atomic mass is 16.5. The van der Waals surface area contributed by atoms with E-state index in [0.29, 0.717) is 22.3 Å². The minimum absolute atomic E-state index is 0.320. The van der Waals surface area contributed by atoms with Gasteiger partial charge >= 0.3 is 11.7 Å². The van der Waals surface area contributed by atoms with Crippen molar-refractivity contribution in [2.24, 2.45) is 0 Å². The number of carbonyl (C=O) groups excluding carboxylic acids is 2. The first kappa shape index (κ1) is 17.5. The largest absolute Gasteiger partial charge is 0.449 e. The lowest BCUT2D eigenvalue weighted by atomic mass is 10.1. The van der Waals surface area contributed by atoms with E-state index in [1.165, 1.54) is 6.92 Å². The van der Waals surface area contributed by atoms with E-state index in [0.717, 1.165) is 12.0 Å². The Kier molecular flexibility index (Phi) is 4.88. The average Bonchev–Trinajstić information content (AvgIpc) is 3.00. The number of anilines is 1. The van der Waals surface area contributed by atoms with Crippen molar-refractivity contribution < 1.29 is 14.3 Å². The summed E-state index contributed by atoms with van der Waals surface area (Å²) in [5.41, 5.74) is 2.91. The molecular formula is C19H19N3O4. The smallest absolute Gasteiger partial charge is 0.338 e. The predicted octanol–water partition coefficient (Wildman–Crippen LogP) is 2.60. The SMILES string of the molecule is CCc1ccc(C(=O)O[C@H](C)C(=O)Nc2ccc3[nH]c(=O)[nH]c3c2)cc1. The Labute approximate surface area is 149 Å². The van der Waals surface area contributed by atoms with Gasteiger partial charge < -0.3 is 20.0 Å². The summed E-state index contributed by atoms with van der Waals surface area (Å²) < 4.78 is 5.22. The zero-order valence-electron chi connectivity index (χ0n) is 14.5. The summed E-state index contributed by atoms with van der Waals surface area (Å²) in [5.74, 6) is -1.01. The third-order valence-corrected chi connectivity index (χ3v) is 4.03. The van der Waals surface area contributed by atoms with Crippen LogP contribution in [0.15, 0.2) is 47.3 Å². The van der Waals surface area contributed by atoms with Crippen molar-refractivity contribution in [3.05, 3.63) is 64.1 Å². The molecule has 0 aliphatic carbocycles. The number of aromatic amines is 2. The van der Waals surface area contributed by atoms with E-state index in [1.807, 2.05) is 19.1 Å². The first-order valence-electron chi connectivity index (χ1n) is 8.29. The molecule has 0 saturated carbocycles. The van der Waals surface area contributed by atoms with Crippen molar-refractivity contribution >= 4 is 28.6 Å². The van der Waals surface area contributed by atoms with Crippen molar-refractivity contribution in [1.29, 1.82) is 0 Å². The van der Waals surface area contributed by atoms with Crippen LogP contribution in [0.4, 0.5) is 5.69 Å². The number of hydrogen-bond acceptors (Lipinski definition) is 4. The van der Waals surface area contributed by atoms with Gasteiger partial charge in [-0.15, -0.1) is 0 Å². The summed E-state index contributed by atoms with van der Waals surface area (Å²) in [6.07, 6.45) is -0.0837. The molecule has 134 valence electrons. The Bertz CT molecular complexity index is 1000. The molecule has 0 saturated heterocycles. The molecule has 1 amide bonds. The minimum Gasteiger partial charge on any atom is -0.449 e. The molecule has 0 aliphatic heterocycles. The molecule has 0 spiro atoms. The number of aryl methyl sites for hydroxylation is 1. The van der Waals surface area contributed by atoms with E-state index in [1.54, 1.807) is 30.3 Å². The Balaban J connectivity index is 1.64. The van der Waals surface area contributed by atoms with Gasteiger partial charge in [0.05, 0.1) is 16.6 Å².